The second-order valence-corrected chi connectivity index (χ2v) is 10.0. The van der Waals surface area contributed by atoms with Crippen LogP contribution in [0.25, 0.3) is 22.3 Å². The number of benzene rings is 2. The van der Waals surface area contributed by atoms with Gasteiger partial charge in [0.2, 0.25) is 0 Å². The molecule has 0 radical (unpaired) electrons. The van der Waals surface area contributed by atoms with Gasteiger partial charge < -0.3 is 29.0 Å². The van der Waals surface area contributed by atoms with E-state index in [9.17, 15) is 0 Å². The van der Waals surface area contributed by atoms with Crippen LogP contribution in [0.5, 0.6) is 11.5 Å². The summed E-state index contributed by atoms with van der Waals surface area (Å²) in [5.74, 6) is 1.38. The molecule has 4 aromatic rings. The molecule has 10 heteroatoms. The molecule has 1 N–H and O–H groups in total. The summed E-state index contributed by atoms with van der Waals surface area (Å²) >= 11 is 0. The van der Waals surface area contributed by atoms with E-state index in [1.807, 2.05) is 53.5 Å². The molecule has 2 unspecified atom stereocenters. The van der Waals surface area contributed by atoms with Crippen LogP contribution in [-0.4, -0.2) is 59.6 Å². The first-order valence-corrected chi connectivity index (χ1v) is 14.0. The van der Waals surface area contributed by atoms with Gasteiger partial charge in [0.05, 0.1) is 42.8 Å². The van der Waals surface area contributed by atoms with Crippen molar-refractivity contribution in [3.05, 3.63) is 55.0 Å². The Morgan fingerprint density at radius 1 is 0.900 bits per heavy atom. The molecule has 2 aliphatic heterocycles. The number of aromatic nitrogens is 4. The number of ether oxygens (including phenoxy) is 5. The molecule has 2 atom stereocenters. The van der Waals surface area contributed by atoms with E-state index in [0.29, 0.717) is 24.7 Å². The van der Waals surface area contributed by atoms with Gasteiger partial charge in [-0.05, 0) is 56.7 Å². The van der Waals surface area contributed by atoms with Crippen LogP contribution in [0.3, 0.4) is 0 Å². The van der Waals surface area contributed by atoms with Crippen LogP contribution < -0.4 is 14.8 Å². The van der Waals surface area contributed by atoms with Gasteiger partial charge in [-0.25, -0.2) is 9.67 Å². The predicted molar refractivity (Wildman–Crippen MR) is 151 cm³/mol. The molecule has 40 heavy (non-hydrogen) atoms. The summed E-state index contributed by atoms with van der Waals surface area (Å²) < 4.78 is 30.6. The zero-order chi connectivity index (χ0) is 27.1. The number of anilines is 2. The number of fused-ring (bicyclic) bond motifs is 1. The highest BCUT2D eigenvalue weighted by molar-refractivity contribution is 5.82. The molecule has 2 saturated heterocycles. The molecular weight excluding hydrogens is 510 g/mol. The Morgan fingerprint density at radius 3 is 2.60 bits per heavy atom. The van der Waals surface area contributed by atoms with Gasteiger partial charge in [-0.1, -0.05) is 0 Å². The van der Waals surface area contributed by atoms with Crippen molar-refractivity contribution >= 4 is 22.4 Å². The zero-order valence-corrected chi connectivity index (χ0v) is 22.8. The van der Waals surface area contributed by atoms with E-state index < -0.39 is 0 Å². The van der Waals surface area contributed by atoms with Crippen LogP contribution in [0.4, 0.5) is 11.4 Å². The molecule has 6 rings (SSSR count). The number of nitrogens with zero attached hydrogens (tertiary/aromatic N) is 4. The molecule has 2 aromatic carbocycles. The van der Waals surface area contributed by atoms with Crippen LogP contribution >= 0.6 is 0 Å². The lowest BCUT2D eigenvalue weighted by atomic mass is 10.2. The molecule has 10 nitrogen and oxygen atoms in total. The van der Waals surface area contributed by atoms with E-state index in [1.165, 1.54) is 0 Å². The Kier molecular flexibility index (Phi) is 8.36. The van der Waals surface area contributed by atoms with Crippen LogP contribution in [0.2, 0.25) is 0 Å². The molecule has 2 fully saturated rings. The molecule has 0 saturated carbocycles. The fourth-order valence-corrected chi connectivity index (χ4v) is 4.98. The van der Waals surface area contributed by atoms with Crippen LogP contribution in [0.15, 0.2) is 55.0 Å². The average Bonchev–Trinajstić information content (AvgIpc) is 3.50. The fraction of sp³-hybridized carbons (Fsp3) is 0.433. The highest BCUT2D eigenvalue weighted by atomic mass is 16.7. The maximum Gasteiger partial charge on any atom is 0.157 e. The van der Waals surface area contributed by atoms with Gasteiger partial charge in [0.15, 0.2) is 6.29 Å². The summed E-state index contributed by atoms with van der Waals surface area (Å²) in [6.07, 6.45) is 11.8. The summed E-state index contributed by atoms with van der Waals surface area (Å²) in [6.45, 7) is 2.42. The smallest absolute Gasteiger partial charge is 0.157 e. The van der Waals surface area contributed by atoms with Crippen molar-refractivity contribution in [3.8, 4) is 22.8 Å². The maximum absolute atomic E-state index is 5.96. The van der Waals surface area contributed by atoms with Crippen molar-refractivity contribution in [3.63, 3.8) is 0 Å². The first kappa shape index (κ1) is 26.5. The molecule has 0 spiro atoms. The van der Waals surface area contributed by atoms with Gasteiger partial charge in [-0.15, -0.1) is 0 Å². The van der Waals surface area contributed by atoms with E-state index in [1.54, 1.807) is 13.3 Å². The summed E-state index contributed by atoms with van der Waals surface area (Å²) in [6, 6.07) is 11.6. The van der Waals surface area contributed by atoms with E-state index >= 15 is 0 Å². The molecule has 0 amide bonds. The number of methoxy groups -OCH3 is 1. The summed E-state index contributed by atoms with van der Waals surface area (Å²) in [5, 5.41) is 7.97. The summed E-state index contributed by atoms with van der Waals surface area (Å²) in [4.78, 5) is 9.50. The topological polar surface area (TPSA) is 102 Å². The Morgan fingerprint density at radius 2 is 1.77 bits per heavy atom. The SMILES string of the molecule is COc1cc(Nc2ccc3ncc(-c4cnn(C5CCCCO5)c4)nc3c2)cc(OCCOC2CCCCO2)c1. The highest BCUT2D eigenvalue weighted by Gasteiger charge is 2.18. The molecule has 0 bridgehead atoms. The van der Waals surface area contributed by atoms with Crippen LogP contribution in [0.1, 0.15) is 44.8 Å². The normalized spacial score (nSPS) is 19.4. The van der Waals surface area contributed by atoms with Gasteiger partial charge in [-0.2, -0.15) is 5.10 Å². The van der Waals surface area contributed by atoms with E-state index in [-0.39, 0.29) is 12.5 Å². The third-order valence-corrected chi connectivity index (χ3v) is 7.09. The number of hydrogen-bond acceptors (Lipinski definition) is 9. The molecule has 2 aliphatic rings. The lowest BCUT2D eigenvalue weighted by Crippen LogP contribution is -2.24. The largest absolute Gasteiger partial charge is 0.497 e. The molecular formula is C30H35N5O5. The highest BCUT2D eigenvalue weighted by Crippen LogP contribution is 2.30. The maximum atomic E-state index is 5.96. The van der Waals surface area contributed by atoms with E-state index in [4.69, 9.17) is 28.7 Å². The standard InChI is InChI=1S/C30H35N5O5/c1-36-24-14-23(15-25(17-24)37-12-13-40-30-7-3-5-11-39-30)33-22-8-9-26-27(16-22)34-28(19-31-26)21-18-32-35(20-21)29-6-2-4-10-38-29/h8-9,14-20,29-30,33H,2-7,10-13H2,1H3. The van der Waals surface area contributed by atoms with Crippen molar-refractivity contribution in [2.75, 3.05) is 38.9 Å². The van der Waals surface area contributed by atoms with Crippen LogP contribution in [-0.2, 0) is 14.2 Å². The Hall–Kier alpha value is -3.73. The summed E-state index contributed by atoms with van der Waals surface area (Å²) in [5.41, 5.74) is 4.99. The average molecular weight is 546 g/mol. The van der Waals surface area contributed by atoms with Crippen molar-refractivity contribution in [1.29, 1.82) is 0 Å². The van der Waals surface area contributed by atoms with Gasteiger partial charge >= 0.3 is 0 Å². The lowest BCUT2D eigenvalue weighted by molar-refractivity contribution is -0.165. The molecule has 0 aliphatic carbocycles. The minimum absolute atomic E-state index is 0.0121. The van der Waals surface area contributed by atoms with Crippen molar-refractivity contribution in [2.45, 2.75) is 51.0 Å². The fourth-order valence-electron chi connectivity index (χ4n) is 4.98. The van der Waals surface area contributed by atoms with Gasteiger partial charge in [-0.3, -0.25) is 4.98 Å². The number of rotatable bonds is 10. The molecule has 4 heterocycles. The summed E-state index contributed by atoms with van der Waals surface area (Å²) in [7, 11) is 1.64. The lowest BCUT2D eigenvalue weighted by Gasteiger charge is -2.22. The van der Waals surface area contributed by atoms with Crippen molar-refractivity contribution in [1.82, 2.24) is 19.7 Å². The van der Waals surface area contributed by atoms with Gasteiger partial charge in [0.1, 0.15) is 24.3 Å². The number of hydrogen-bond donors (Lipinski definition) is 1. The van der Waals surface area contributed by atoms with Crippen molar-refractivity contribution < 1.29 is 23.7 Å². The third-order valence-electron chi connectivity index (χ3n) is 7.09. The quantitative estimate of drug-likeness (QED) is 0.245. The van der Waals surface area contributed by atoms with Gasteiger partial charge in [0, 0.05) is 54.5 Å². The minimum Gasteiger partial charge on any atom is -0.497 e. The first-order valence-electron chi connectivity index (χ1n) is 14.0. The predicted octanol–water partition coefficient (Wildman–Crippen LogP) is 5.87. The monoisotopic (exact) mass is 545 g/mol. The van der Waals surface area contributed by atoms with E-state index in [2.05, 4.69) is 15.4 Å². The molecule has 2 aromatic heterocycles. The minimum atomic E-state index is -0.126. The first-order chi connectivity index (χ1) is 19.7. The third kappa shape index (κ3) is 6.52. The van der Waals surface area contributed by atoms with Gasteiger partial charge in [0.25, 0.3) is 0 Å². The Bertz CT molecular complexity index is 1410. The van der Waals surface area contributed by atoms with E-state index in [0.717, 1.165) is 85.4 Å². The number of nitrogens with one attached hydrogen (secondary N) is 1. The van der Waals surface area contributed by atoms with Crippen LogP contribution in [0, 0.1) is 0 Å². The second kappa shape index (κ2) is 12.6. The zero-order valence-electron chi connectivity index (χ0n) is 22.8. The molecule has 210 valence electrons. The van der Waals surface area contributed by atoms with Crippen molar-refractivity contribution in [2.24, 2.45) is 0 Å². The Labute approximate surface area is 233 Å². The Balaban J connectivity index is 1.13. The second-order valence-electron chi connectivity index (χ2n) is 10.0.